The largest absolute Gasteiger partial charge is 0.473 e. The first-order valence-electron chi connectivity index (χ1n) is 5.94. The van der Waals surface area contributed by atoms with Crippen LogP contribution in [-0.4, -0.2) is 46.6 Å². The zero-order chi connectivity index (χ0) is 15.7. The zero-order valence-corrected chi connectivity index (χ0v) is 12.9. The lowest BCUT2D eigenvalue weighted by Crippen LogP contribution is -1.88. The molecule has 0 fully saturated rings. The number of unbranched alkanes of at least 4 members (excludes halogenated alkanes) is 3. The summed E-state index contributed by atoms with van der Waals surface area (Å²) in [7, 11) is 0.611. The molecule has 0 unspecified atom stereocenters. The van der Waals surface area contributed by atoms with Gasteiger partial charge < -0.3 is 0 Å². The smallest absolute Gasteiger partial charge is 0.290 e. The average Bonchev–Trinajstić information content (AvgIpc) is 2.50. The van der Waals surface area contributed by atoms with Crippen LogP contribution in [-0.2, 0) is 27.7 Å². The first-order valence-corrected chi connectivity index (χ1v) is 7.40. The van der Waals surface area contributed by atoms with Crippen molar-refractivity contribution in [1.82, 2.24) is 0 Å². The fourth-order valence-corrected chi connectivity index (χ4v) is 1.50. The Kier molecular flexibility index (Phi) is 16.9. The van der Waals surface area contributed by atoms with E-state index >= 15 is 0 Å². The molecule has 0 aliphatic carbocycles. The monoisotopic (exact) mass is 308 g/mol. The maximum absolute atomic E-state index is 10.7. The molecule has 0 radical (unpaired) electrons. The third-order valence-electron chi connectivity index (χ3n) is 2.09. The highest BCUT2D eigenvalue weighted by Crippen LogP contribution is 2.46. The predicted octanol–water partition coefficient (Wildman–Crippen LogP) is 2.25. The van der Waals surface area contributed by atoms with Gasteiger partial charge in [0.25, 0.3) is 0 Å². The van der Waals surface area contributed by atoms with Crippen LogP contribution in [0.25, 0.3) is 0 Å². The molecule has 0 aromatic rings. The Balaban J connectivity index is 0. The van der Waals surface area contributed by atoms with Gasteiger partial charge in [-0.15, -0.1) is 0 Å². The molecule has 0 atom stereocenters. The Morgan fingerprint density at radius 2 is 1.15 bits per heavy atom. The molecule has 20 heavy (non-hydrogen) atoms. The number of hydrogen-bond acceptors (Lipinski definition) is 8. The first kappa shape index (κ1) is 21.2. The van der Waals surface area contributed by atoms with Crippen LogP contribution in [0.5, 0.6) is 0 Å². The van der Waals surface area contributed by atoms with Crippen LogP contribution in [0.1, 0.15) is 25.7 Å². The standard InChI is InChI=1S/C8H12N2O2.C3H9O4P/c11-7-9-5-3-1-2-4-6-10-8-12;1-5-8(4,6-2)7-3/h1-6H2;1-3H3. The van der Waals surface area contributed by atoms with Gasteiger partial charge in [0.1, 0.15) is 0 Å². The van der Waals surface area contributed by atoms with Gasteiger partial charge in [0.05, 0.1) is 13.1 Å². The van der Waals surface area contributed by atoms with E-state index < -0.39 is 7.82 Å². The van der Waals surface area contributed by atoms with Crippen molar-refractivity contribution in [3.05, 3.63) is 0 Å². The first-order chi connectivity index (χ1) is 9.60. The Labute approximate surface area is 118 Å². The molecule has 0 bridgehead atoms. The maximum Gasteiger partial charge on any atom is 0.473 e. The lowest BCUT2D eigenvalue weighted by atomic mass is 10.2. The average molecular weight is 308 g/mol. The number of isocyanates is 2. The summed E-state index contributed by atoms with van der Waals surface area (Å²) in [6.07, 6.45) is 6.80. The van der Waals surface area contributed by atoms with Crippen molar-refractivity contribution in [3.63, 3.8) is 0 Å². The van der Waals surface area contributed by atoms with Crippen molar-refractivity contribution in [2.75, 3.05) is 34.4 Å². The number of hydrogen-bond donors (Lipinski definition) is 0. The van der Waals surface area contributed by atoms with Gasteiger partial charge in [-0.25, -0.2) is 24.1 Å². The fourth-order valence-electron chi connectivity index (χ4n) is 1.05. The lowest BCUT2D eigenvalue weighted by molar-refractivity contribution is 0.178. The Morgan fingerprint density at radius 1 is 0.800 bits per heavy atom. The van der Waals surface area contributed by atoms with Crippen molar-refractivity contribution in [2.45, 2.75) is 25.7 Å². The molecule has 0 amide bonds. The predicted molar refractivity (Wildman–Crippen MR) is 73.1 cm³/mol. The second kappa shape index (κ2) is 15.9. The number of phosphoric acid groups is 1. The SMILES string of the molecule is COP(=O)(OC)OC.O=C=NCCCCCCN=C=O. The molecule has 8 nitrogen and oxygen atoms in total. The molecule has 116 valence electrons. The van der Waals surface area contributed by atoms with Crippen LogP contribution in [0.3, 0.4) is 0 Å². The van der Waals surface area contributed by atoms with E-state index in [1.165, 1.54) is 33.5 Å². The van der Waals surface area contributed by atoms with Gasteiger partial charge >= 0.3 is 7.82 Å². The molecule has 0 rings (SSSR count). The summed E-state index contributed by atoms with van der Waals surface area (Å²) in [4.78, 5) is 26.1. The van der Waals surface area contributed by atoms with Crippen LogP contribution < -0.4 is 0 Å². The molecule has 0 aliphatic heterocycles. The molecular formula is C11H21N2O6P. The Morgan fingerprint density at radius 3 is 1.35 bits per heavy atom. The van der Waals surface area contributed by atoms with Crippen molar-refractivity contribution >= 4 is 20.0 Å². The number of aliphatic imine (C=N–C) groups is 2. The van der Waals surface area contributed by atoms with Crippen molar-refractivity contribution in [1.29, 1.82) is 0 Å². The minimum absolute atomic E-state index is 0.556. The molecule has 9 heteroatoms. The number of carbonyl (C=O) groups excluding carboxylic acids is 2. The van der Waals surface area contributed by atoms with Gasteiger partial charge in [-0.2, -0.15) is 0 Å². The van der Waals surface area contributed by atoms with Crippen molar-refractivity contribution in [3.8, 4) is 0 Å². The van der Waals surface area contributed by atoms with Crippen LogP contribution >= 0.6 is 7.82 Å². The normalized spacial score (nSPS) is 9.75. The zero-order valence-electron chi connectivity index (χ0n) is 12.0. The minimum Gasteiger partial charge on any atom is -0.290 e. The van der Waals surface area contributed by atoms with Gasteiger partial charge in [0.2, 0.25) is 12.2 Å². The topological polar surface area (TPSA) is 104 Å². The molecule has 0 aromatic carbocycles. The summed E-state index contributed by atoms with van der Waals surface area (Å²) in [5.41, 5.74) is 0. The number of phosphoric ester groups is 1. The molecule has 0 saturated heterocycles. The molecular weight excluding hydrogens is 287 g/mol. The van der Waals surface area contributed by atoms with E-state index in [1.807, 2.05) is 0 Å². The summed E-state index contributed by atoms with van der Waals surface area (Å²) in [5, 5.41) is 0. The molecule has 0 saturated carbocycles. The van der Waals surface area contributed by atoms with Crippen LogP contribution in [0, 0.1) is 0 Å². The third-order valence-corrected chi connectivity index (χ3v) is 3.43. The van der Waals surface area contributed by atoms with Gasteiger partial charge in [0, 0.05) is 21.3 Å². The summed E-state index contributed by atoms with van der Waals surface area (Å²) in [5.74, 6) is 0. The highest BCUT2D eigenvalue weighted by molar-refractivity contribution is 7.48. The Bertz CT molecular complexity index is 323. The second-order valence-electron chi connectivity index (χ2n) is 3.36. The van der Waals surface area contributed by atoms with Gasteiger partial charge in [0.15, 0.2) is 0 Å². The quantitative estimate of drug-likeness (QED) is 0.265. The molecule has 0 N–H and O–H groups in total. The summed E-state index contributed by atoms with van der Waals surface area (Å²) >= 11 is 0. The van der Waals surface area contributed by atoms with E-state index in [1.54, 1.807) is 0 Å². The third kappa shape index (κ3) is 14.9. The van der Waals surface area contributed by atoms with Crippen molar-refractivity contribution in [2.24, 2.45) is 9.98 Å². The molecule has 0 heterocycles. The van der Waals surface area contributed by atoms with E-state index in [2.05, 4.69) is 23.6 Å². The molecule has 0 aliphatic rings. The summed E-state index contributed by atoms with van der Waals surface area (Å²) in [6, 6.07) is 0. The number of rotatable bonds is 10. The highest BCUT2D eigenvalue weighted by atomic mass is 31.2. The van der Waals surface area contributed by atoms with Gasteiger partial charge in [-0.1, -0.05) is 12.8 Å². The van der Waals surface area contributed by atoms with E-state index in [9.17, 15) is 14.2 Å². The molecule has 0 aromatic heterocycles. The van der Waals surface area contributed by atoms with Crippen LogP contribution in [0.15, 0.2) is 9.98 Å². The molecule has 0 spiro atoms. The Hall–Kier alpha value is -1.13. The highest BCUT2D eigenvalue weighted by Gasteiger charge is 2.18. The van der Waals surface area contributed by atoms with E-state index in [4.69, 9.17) is 0 Å². The van der Waals surface area contributed by atoms with Gasteiger partial charge in [-0.3, -0.25) is 13.6 Å². The number of nitrogens with zero attached hydrogens (tertiary/aromatic N) is 2. The minimum atomic E-state index is -3.16. The lowest BCUT2D eigenvalue weighted by Gasteiger charge is -2.08. The fraction of sp³-hybridized carbons (Fsp3) is 0.818. The van der Waals surface area contributed by atoms with E-state index in [0.717, 1.165) is 25.7 Å². The van der Waals surface area contributed by atoms with E-state index in [0.29, 0.717) is 13.1 Å². The maximum atomic E-state index is 10.7. The summed E-state index contributed by atoms with van der Waals surface area (Å²) < 4.78 is 23.7. The second-order valence-corrected chi connectivity index (χ2v) is 5.35. The van der Waals surface area contributed by atoms with E-state index in [-0.39, 0.29) is 0 Å². The summed E-state index contributed by atoms with van der Waals surface area (Å²) in [6.45, 7) is 1.11. The van der Waals surface area contributed by atoms with Gasteiger partial charge in [-0.05, 0) is 12.8 Å². The van der Waals surface area contributed by atoms with Crippen LogP contribution in [0.4, 0.5) is 0 Å². The van der Waals surface area contributed by atoms with Crippen LogP contribution in [0.2, 0.25) is 0 Å². The van der Waals surface area contributed by atoms with Crippen molar-refractivity contribution < 1.29 is 27.7 Å².